The van der Waals surface area contributed by atoms with Gasteiger partial charge in [-0.05, 0) is 23.5 Å². The third kappa shape index (κ3) is 1.96. The summed E-state index contributed by atoms with van der Waals surface area (Å²) in [6.07, 6.45) is 0.977. The van der Waals surface area contributed by atoms with E-state index in [0.29, 0.717) is 10.8 Å². The molecule has 2 nitrogen and oxygen atoms in total. The average molecular weight is 236 g/mol. The molecule has 86 valence electrons. The van der Waals surface area contributed by atoms with Crippen LogP contribution in [0.3, 0.4) is 0 Å². The number of aromatic carboxylic acids is 1. The third-order valence-electron chi connectivity index (χ3n) is 2.96. The highest BCUT2D eigenvalue weighted by Gasteiger charge is 2.33. The summed E-state index contributed by atoms with van der Waals surface area (Å²) in [6, 6.07) is 5.58. The van der Waals surface area contributed by atoms with Gasteiger partial charge in [0.1, 0.15) is 0 Å². The molecule has 1 heterocycles. The Morgan fingerprint density at radius 3 is 2.69 bits per heavy atom. The van der Waals surface area contributed by atoms with Gasteiger partial charge in [-0.15, -0.1) is 11.8 Å². The van der Waals surface area contributed by atoms with Gasteiger partial charge in [0.2, 0.25) is 0 Å². The topological polar surface area (TPSA) is 37.3 Å². The van der Waals surface area contributed by atoms with Crippen molar-refractivity contribution in [3.8, 4) is 0 Å². The number of hydrogen-bond donors (Lipinski definition) is 1. The molecule has 0 fully saturated rings. The number of carboxylic acid groups (broad SMARTS) is 1. The zero-order valence-electron chi connectivity index (χ0n) is 9.78. The second-order valence-corrected chi connectivity index (χ2v) is 6.49. The van der Waals surface area contributed by atoms with Crippen LogP contribution in [-0.4, -0.2) is 16.3 Å². The van der Waals surface area contributed by atoms with Gasteiger partial charge >= 0.3 is 5.97 Å². The van der Waals surface area contributed by atoms with E-state index in [2.05, 4.69) is 20.8 Å². The monoisotopic (exact) mass is 236 g/mol. The highest BCUT2D eigenvalue weighted by molar-refractivity contribution is 8.00. The van der Waals surface area contributed by atoms with E-state index in [1.807, 2.05) is 12.1 Å². The van der Waals surface area contributed by atoms with Gasteiger partial charge in [0.25, 0.3) is 0 Å². The molecular weight excluding hydrogens is 220 g/mol. The lowest BCUT2D eigenvalue weighted by Crippen LogP contribution is -2.22. The summed E-state index contributed by atoms with van der Waals surface area (Å²) in [5, 5.41) is 9.60. The fourth-order valence-corrected chi connectivity index (χ4v) is 3.41. The van der Waals surface area contributed by atoms with Crippen molar-refractivity contribution in [2.24, 2.45) is 5.41 Å². The van der Waals surface area contributed by atoms with Gasteiger partial charge in [-0.1, -0.05) is 32.9 Å². The minimum atomic E-state index is -0.820. The van der Waals surface area contributed by atoms with Crippen LogP contribution in [0.2, 0.25) is 0 Å². The lowest BCUT2D eigenvalue weighted by atomic mass is 9.88. The largest absolute Gasteiger partial charge is 0.478 e. The Labute approximate surface area is 100 Å². The smallest absolute Gasteiger partial charge is 0.336 e. The maximum atomic E-state index is 11.1. The molecule has 0 aliphatic carbocycles. The maximum Gasteiger partial charge on any atom is 0.336 e. The minimum Gasteiger partial charge on any atom is -0.478 e. The van der Waals surface area contributed by atoms with Gasteiger partial charge in [-0.25, -0.2) is 4.79 Å². The number of hydrogen-bond acceptors (Lipinski definition) is 2. The summed E-state index contributed by atoms with van der Waals surface area (Å²) in [7, 11) is 0. The van der Waals surface area contributed by atoms with Gasteiger partial charge in [0, 0.05) is 10.1 Å². The Bertz CT molecular complexity index is 432. The number of thioether (sulfide) groups is 1. The molecule has 1 aromatic rings. The van der Waals surface area contributed by atoms with E-state index < -0.39 is 5.97 Å². The molecule has 1 atom stereocenters. The van der Waals surface area contributed by atoms with Crippen molar-refractivity contribution in [1.29, 1.82) is 0 Å². The van der Waals surface area contributed by atoms with Crippen LogP contribution in [0.1, 0.15) is 36.7 Å². The molecular formula is C13H16O2S. The average Bonchev–Trinajstić information content (AvgIpc) is 2.59. The molecule has 0 bridgehead atoms. The molecule has 0 aromatic heterocycles. The van der Waals surface area contributed by atoms with E-state index in [1.54, 1.807) is 17.8 Å². The van der Waals surface area contributed by atoms with Crippen molar-refractivity contribution in [3.05, 3.63) is 29.3 Å². The van der Waals surface area contributed by atoms with E-state index in [9.17, 15) is 4.79 Å². The van der Waals surface area contributed by atoms with Crippen molar-refractivity contribution in [2.45, 2.75) is 37.3 Å². The van der Waals surface area contributed by atoms with E-state index in [1.165, 1.54) is 5.56 Å². The van der Waals surface area contributed by atoms with Crippen molar-refractivity contribution >= 4 is 17.7 Å². The molecule has 1 N–H and O–H groups in total. The standard InChI is InChI=1S/C13H16O2S/c1-13(2,3)10-7-8-5-4-6-9(12(14)15)11(8)16-10/h4-6,10H,7H2,1-3H3,(H,14,15). The van der Waals surface area contributed by atoms with Crippen LogP contribution in [-0.2, 0) is 6.42 Å². The van der Waals surface area contributed by atoms with Gasteiger partial charge in [-0.3, -0.25) is 0 Å². The molecule has 0 radical (unpaired) electrons. The fraction of sp³-hybridized carbons (Fsp3) is 0.462. The first-order valence-corrected chi connectivity index (χ1v) is 6.29. The number of fused-ring (bicyclic) bond motifs is 1. The Morgan fingerprint density at radius 2 is 2.12 bits per heavy atom. The van der Waals surface area contributed by atoms with Crippen LogP contribution in [0.4, 0.5) is 0 Å². The minimum absolute atomic E-state index is 0.208. The van der Waals surface area contributed by atoms with Crippen LogP contribution in [0.15, 0.2) is 23.1 Å². The van der Waals surface area contributed by atoms with E-state index in [4.69, 9.17) is 5.11 Å². The molecule has 0 saturated heterocycles. The lowest BCUT2D eigenvalue weighted by molar-refractivity contribution is 0.0693. The Kier molecular flexibility index (Phi) is 2.74. The predicted octanol–water partition coefficient (Wildman–Crippen LogP) is 3.45. The number of carbonyl (C=O) groups is 1. The number of benzene rings is 1. The van der Waals surface area contributed by atoms with Crippen LogP contribution in [0.25, 0.3) is 0 Å². The quantitative estimate of drug-likeness (QED) is 0.811. The van der Waals surface area contributed by atoms with Gasteiger partial charge in [0.05, 0.1) is 5.56 Å². The van der Waals surface area contributed by atoms with E-state index in [-0.39, 0.29) is 5.41 Å². The number of carboxylic acids is 1. The van der Waals surface area contributed by atoms with Crippen LogP contribution >= 0.6 is 11.8 Å². The second kappa shape index (κ2) is 3.81. The van der Waals surface area contributed by atoms with Crippen molar-refractivity contribution in [1.82, 2.24) is 0 Å². The maximum absolute atomic E-state index is 11.1. The molecule has 1 aliphatic rings. The van der Waals surface area contributed by atoms with Crippen LogP contribution in [0.5, 0.6) is 0 Å². The zero-order chi connectivity index (χ0) is 11.9. The predicted molar refractivity (Wildman–Crippen MR) is 66.2 cm³/mol. The molecule has 16 heavy (non-hydrogen) atoms. The Morgan fingerprint density at radius 1 is 1.44 bits per heavy atom. The van der Waals surface area contributed by atoms with Gasteiger partial charge < -0.3 is 5.11 Å². The van der Waals surface area contributed by atoms with Crippen molar-refractivity contribution < 1.29 is 9.90 Å². The van der Waals surface area contributed by atoms with E-state index >= 15 is 0 Å². The Balaban J connectivity index is 2.38. The van der Waals surface area contributed by atoms with E-state index in [0.717, 1.165) is 11.3 Å². The summed E-state index contributed by atoms with van der Waals surface area (Å²) in [6.45, 7) is 6.62. The summed E-state index contributed by atoms with van der Waals surface area (Å²) in [5.41, 5.74) is 1.85. The lowest BCUT2D eigenvalue weighted by Gasteiger charge is -2.25. The van der Waals surface area contributed by atoms with Crippen LogP contribution < -0.4 is 0 Å². The molecule has 0 saturated carbocycles. The van der Waals surface area contributed by atoms with Crippen molar-refractivity contribution in [2.75, 3.05) is 0 Å². The van der Waals surface area contributed by atoms with Gasteiger partial charge in [-0.2, -0.15) is 0 Å². The van der Waals surface area contributed by atoms with Crippen molar-refractivity contribution in [3.63, 3.8) is 0 Å². The molecule has 1 unspecified atom stereocenters. The highest BCUT2D eigenvalue weighted by Crippen LogP contribution is 2.46. The Hall–Kier alpha value is -0.960. The summed E-state index contributed by atoms with van der Waals surface area (Å²) < 4.78 is 0. The molecule has 1 aromatic carbocycles. The molecule has 0 spiro atoms. The van der Waals surface area contributed by atoms with Crippen LogP contribution in [0, 0.1) is 5.41 Å². The molecule has 3 heteroatoms. The summed E-state index contributed by atoms with van der Waals surface area (Å²) in [4.78, 5) is 12.1. The SMILES string of the molecule is CC(C)(C)C1Cc2cccc(C(=O)O)c2S1. The molecule has 2 rings (SSSR count). The summed E-state index contributed by atoms with van der Waals surface area (Å²) >= 11 is 1.72. The normalized spacial score (nSPS) is 19.6. The first kappa shape index (κ1) is 11.5. The second-order valence-electron chi connectivity index (χ2n) is 5.28. The zero-order valence-corrected chi connectivity index (χ0v) is 10.6. The summed E-state index contributed by atoms with van der Waals surface area (Å²) in [5.74, 6) is -0.820. The van der Waals surface area contributed by atoms with Gasteiger partial charge in [0.15, 0.2) is 0 Å². The first-order valence-electron chi connectivity index (χ1n) is 5.41. The fourth-order valence-electron chi connectivity index (χ4n) is 1.92. The number of rotatable bonds is 1. The molecule has 0 amide bonds. The molecule has 1 aliphatic heterocycles. The highest BCUT2D eigenvalue weighted by atomic mass is 32.2. The third-order valence-corrected chi connectivity index (χ3v) is 4.83. The first-order chi connectivity index (χ1) is 7.39.